The fourth-order valence-electron chi connectivity index (χ4n) is 3.62. The van der Waals surface area contributed by atoms with Crippen molar-refractivity contribution in [3.8, 4) is 0 Å². The molecule has 0 spiro atoms. The lowest BCUT2D eigenvalue weighted by molar-refractivity contribution is -0.139. The van der Waals surface area contributed by atoms with Crippen molar-refractivity contribution in [1.29, 1.82) is 0 Å². The zero-order chi connectivity index (χ0) is 21.2. The topological polar surface area (TPSA) is 162 Å². The van der Waals surface area contributed by atoms with Gasteiger partial charge in [0.1, 0.15) is 6.10 Å². The second-order valence-electron chi connectivity index (χ2n) is 8.24. The fraction of sp³-hybridized carbons (Fsp3) is 0.667. The smallest absolute Gasteiger partial charge is 0.328 e. The first-order valence-electron chi connectivity index (χ1n) is 9.08. The minimum Gasteiger partial charge on any atom is -0.481 e. The number of carboxylic acid groups (broad SMARTS) is 1. The Morgan fingerprint density at radius 2 is 1.89 bits per heavy atom. The number of carbonyl (C=O) groups excluding carboxylic acids is 1. The summed E-state index contributed by atoms with van der Waals surface area (Å²) in [5.74, 6) is -1.84. The Morgan fingerprint density at radius 3 is 2.50 bits per heavy atom. The summed E-state index contributed by atoms with van der Waals surface area (Å²) in [6.07, 6.45) is -0.956. The van der Waals surface area contributed by atoms with E-state index in [4.69, 9.17) is 5.11 Å². The molecule has 2 rings (SSSR count). The molecule has 1 fully saturated rings. The number of nitrogens with zero attached hydrogens (tertiary/aromatic N) is 1. The van der Waals surface area contributed by atoms with Crippen molar-refractivity contribution in [1.82, 2.24) is 14.9 Å². The van der Waals surface area contributed by atoms with Crippen LogP contribution in [-0.2, 0) is 9.59 Å². The molecule has 4 atom stereocenters. The molecule has 1 amide bonds. The van der Waals surface area contributed by atoms with Gasteiger partial charge in [-0.25, -0.2) is 4.79 Å². The largest absolute Gasteiger partial charge is 0.481 e. The van der Waals surface area contributed by atoms with E-state index in [-0.39, 0.29) is 31.7 Å². The first-order chi connectivity index (χ1) is 12.9. The quantitative estimate of drug-likeness (QED) is 0.400. The standard InChI is InChI=1S/C18H27N3O7/c1-9-8-21(17(28)20-16(9)27)11-4-10(14(25)15(11)26)7-19-12(22)5-18(2,3)6-13(23)24/h8,10-11,14-15,25-26H,4-7H2,1-3H3,(H,19,22)(H,23,24)(H,20,27,28)/t10-,11+,14+,15+/m1/s1. The molecule has 156 valence electrons. The lowest BCUT2D eigenvalue weighted by Crippen LogP contribution is -2.39. The molecule has 1 aliphatic rings. The highest BCUT2D eigenvalue weighted by molar-refractivity contribution is 5.77. The Labute approximate surface area is 161 Å². The molecule has 1 saturated carbocycles. The molecule has 5 N–H and O–H groups in total. The van der Waals surface area contributed by atoms with Crippen LogP contribution < -0.4 is 16.6 Å². The maximum atomic E-state index is 12.1. The molecule has 1 aliphatic carbocycles. The molecule has 10 heteroatoms. The molecule has 0 radical (unpaired) electrons. The van der Waals surface area contributed by atoms with E-state index >= 15 is 0 Å². The monoisotopic (exact) mass is 397 g/mol. The van der Waals surface area contributed by atoms with E-state index in [2.05, 4.69) is 10.3 Å². The highest BCUT2D eigenvalue weighted by Gasteiger charge is 2.43. The fourth-order valence-corrected chi connectivity index (χ4v) is 3.62. The van der Waals surface area contributed by atoms with Gasteiger partial charge in [0.15, 0.2) is 0 Å². The SMILES string of the molecule is Cc1cn([C@H]2C[C@H](CNC(=O)CC(C)(C)CC(=O)O)[C@H](O)[C@H]2O)c(=O)[nH]c1=O. The predicted octanol–water partition coefficient (Wildman–Crippen LogP) is -0.865. The van der Waals surface area contributed by atoms with E-state index in [9.17, 15) is 29.4 Å². The highest BCUT2D eigenvalue weighted by atomic mass is 16.4. The third kappa shape index (κ3) is 5.08. The van der Waals surface area contributed by atoms with Crippen LogP contribution in [-0.4, -0.2) is 55.5 Å². The van der Waals surface area contributed by atoms with Gasteiger partial charge in [-0.2, -0.15) is 0 Å². The maximum absolute atomic E-state index is 12.1. The van der Waals surface area contributed by atoms with E-state index < -0.39 is 46.8 Å². The highest BCUT2D eigenvalue weighted by Crippen LogP contribution is 2.34. The van der Waals surface area contributed by atoms with Gasteiger partial charge in [0.05, 0.1) is 18.6 Å². The first kappa shape index (κ1) is 21.8. The van der Waals surface area contributed by atoms with Crippen LogP contribution in [0.15, 0.2) is 15.8 Å². The average Bonchev–Trinajstić information content (AvgIpc) is 2.82. The molecule has 1 aromatic heterocycles. The van der Waals surface area contributed by atoms with Crippen molar-refractivity contribution in [2.75, 3.05) is 6.54 Å². The Morgan fingerprint density at radius 1 is 1.25 bits per heavy atom. The van der Waals surface area contributed by atoms with Gasteiger partial charge in [0.25, 0.3) is 5.56 Å². The minimum absolute atomic E-state index is 0.00662. The van der Waals surface area contributed by atoms with Crippen LogP contribution in [0.4, 0.5) is 0 Å². The summed E-state index contributed by atoms with van der Waals surface area (Å²) in [5.41, 5.74) is -1.60. The molecule has 0 bridgehead atoms. The summed E-state index contributed by atoms with van der Waals surface area (Å²) in [7, 11) is 0. The Bertz CT molecular complexity index is 857. The number of aliphatic hydroxyl groups is 2. The second-order valence-corrected chi connectivity index (χ2v) is 8.24. The van der Waals surface area contributed by atoms with Crippen LogP contribution in [0.2, 0.25) is 0 Å². The Hall–Kier alpha value is -2.46. The molecular formula is C18H27N3O7. The van der Waals surface area contributed by atoms with Crippen LogP contribution in [0.5, 0.6) is 0 Å². The van der Waals surface area contributed by atoms with E-state index in [0.29, 0.717) is 5.56 Å². The molecular weight excluding hydrogens is 370 g/mol. The molecule has 0 saturated heterocycles. The number of aryl methyl sites for hydroxylation is 1. The molecule has 0 aliphatic heterocycles. The van der Waals surface area contributed by atoms with Gasteiger partial charge < -0.3 is 20.6 Å². The molecule has 28 heavy (non-hydrogen) atoms. The Balaban J connectivity index is 2.02. The third-order valence-corrected chi connectivity index (χ3v) is 5.10. The van der Waals surface area contributed by atoms with Crippen LogP contribution in [0.1, 0.15) is 44.7 Å². The van der Waals surface area contributed by atoms with E-state index in [1.165, 1.54) is 17.7 Å². The predicted molar refractivity (Wildman–Crippen MR) is 98.9 cm³/mol. The number of amides is 1. The number of aromatic amines is 1. The molecule has 1 aromatic rings. The second kappa shape index (κ2) is 8.27. The summed E-state index contributed by atoms with van der Waals surface area (Å²) in [6, 6.07) is -0.733. The van der Waals surface area contributed by atoms with Crippen LogP contribution in [0.3, 0.4) is 0 Å². The van der Waals surface area contributed by atoms with Gasteiger partial charge in [-0.05, 0) is 18.8 Å². The summed E-state index contributed by atoms with van der Waals surface area (Å²) >= 11 is 0. The number of aliphatic hydroxyl groups excluding tert-OH is 2. The van der Waals surface area contributed by atoms with Gasteiger partial charge in [-0.1, -0.05) is 13.8 Å². The summed E-state index contributed by atoms with van der Waals surface area (Å²) in [4.78, 5) is 48.7. The van der Waals surface area contributed by atoms with Crippen LogP contribution in [0, 0.1) is 18.3 Å². The van der Waals surface area contributed by atoms with E-state index in [0.717, 1.165) is 0 Å². The zero-order valence-corrected chi connectivity index (χ0v) is 16.1. The number of carboxylic acids is 1. The normalized spacial score (nSPS) is 24.9. The van der Waals surface area contributed by atoms with Gasteiger partial charge >= 0.3 is 11.7 Å². The number of hydrogen-bond donors (Lipinski definition) is 5. The van der Waals surface area contributed by atoms with Crippen molar-refractivity contribution in [3.63, 3.8) is 0 Å². The molecule has 10 nitrogen and oxygen atoms in total. The van der Waals surface area contributed by atoms with Gasteiger partial charge in [0.2, 0.25) is 5.91 Å². The van der Waals surface area contributed by atoms with Crippen LogP contribution >= 0.6 is 0 Å². The molecule has 0 unspecified atom stereocenters. The minimum atomic E-state index is -1.23. The van der Waals surface area contributed by atoms with Crippen LogP contribution in [0.25, 0.3) is 0 Å². The number of rotatable bonds is 7. The lowest BCUT2D eigenvalue weighted by Gasteiger charge is -2.22. The lowest BCUT2D eigenvalue weighted by atomic mass is 9.85. The molecule has 0 aromatic carbocycles. The summed E-state index contributed by atoms with van der Waals surface area (Å²) in [5, 5.41) is 32.2. The van der Waals surface area contributed by atoms with E-state index in [1.54, 1.807) is 13.8 Å². The van der Waals surface area contributed by atoms with Crippen molar-refractivity contribution in [2.24, 2.45) is 11.3 Å². The van der Waals surface area contributed by atoms with Crippen molar-refractivity contribution >= 4 is 11.9 Å². The average molecular weight is 397 g/mol. The number of H-pyrrole nitrogens is 1. The van der Waals surface area contributed by atoms with Gasteiger partial charge in [-0.3, -0.25) is 23.9 Å². The number of hydrogen-bond acceptors (Lipinski definition) is 6. The van der Waals surface area contributed by atoms with E-state index in [1.807, 2.05) is 0 Å². The summed E-state index contributed by atoms with van der Waals surface area (Å²) in [6.45, 7) is 4.96. The van der Waals surface area contributed by atoms with Crippen molar-refractivity contribution in [2.45, 2.75) is 58.3 Å². The van der Waals surface area contributed by atoms with Gasteiger partial charge in [0, 0.05) is 30.6 Å². The Kier molecular flexibility index (Phi) is 6.45. The maximum Gasteiger partial charge on any atom is 0.328 e. The van der Waals surface area contributed by atoms with Crippen molar-refractivity contribution in [3.05, 3.63) is 32.6 Å². The molecule has 1 heterocycles. The summed E-state index contributed by atoms with van der Waals surface area (Å²) < 4.78 is 1.20. The first-order valence-corrected chi connectivity index (χ1v) is 9.08. The zero-order valence-electron chi connectivity index (χ0n) is 16.1. The number of carbonyl (C=O) groups is 2. The van der Waals surface area contributed by atoms with Gasteiger partial charge in [-0.15, -0.1) is 0 Å². The van der Waals surface area contributed by atoms with Crippen molar-refractivity contribution < 1.29 is 24.9 Å². The third-order valence-electron chi connectivity index (χ3n) is 5.10. The number of nitrogens with one attached hydrogen (secondary N) is 2. The number of aliphatic carboxylic acids is 1. The number of aromatic nitrogens is 2.